The van der Waals surface area contributed by atoms with Gasteiger partial charge in [0.2, 0.25) is 0 Å². The monoisotopic (exact) mass is 456 g/mol. The molecule has 9 nitrogen and oxygen atoms in total. The van der Waals surface area contributed by atoms with E-state index in [1.54, 1.807) is 18.2 Å². The lowest BCUT2D eigenvalue weighted by Gasteiger charge is -2.00. The highest BCUT2D eigenvalue weighted by Gasteiger charge is 2.13. The van der Waals surface area contributed by atoms with Crippen LogP contribution in [0.5, 0.6) is 0 Å². The number of non-ortho nitro benzene ring substituents is 1. The first kappa shape index (κ1) is 20.6. The molecule has 2 aromatic heterocycles. The van der Waals surface area contributed by atoms with Crippen molar-refractivity contribution in [1.82, 2.24) is 10.4 Å². The van der Waals surface area contributed by atoms with Crippen molar-refractivity contribution in [3.63, 3.8) is 0 Å². The zero-order valence-corrected chi connectivity index (χ0v) is 17.2. The number of carbonyl (C=O) groups is 1. The molecule has 4 aromatic rings. The lowest BCUT2D eigenvalue weighted by atomic mass is 10.1. The molecule has 2 heterocycles. The van der Waals surface area contributed by atoms with Crippen LogP contribution < -0.4 is 5.43 Å². The highest BCUT2D eigenvalue weighted by Crippen LogP contribution is 2.32. The average molecular weight is 457 g/mol. The zero-order valence-electron chi connectivity index (χ0n) is 15.6. The summed E-state index contributed by atoms with van der Waals surface area (Å²) in [7, 11) is 0. The van der Waals surface area contributed by atoms with Crippen molar-refractivity contribution in [2.75, 3.05) is 5.75 Å². The lowest BCUT2D eigenvalue weighted by Crippen LogP contribution is -2.19. The molecule has 1 amide bonds. The van der Waals surface area contributed by atoms with E-state index < -0.39 is 4.92 Å². The first-order valence-electron chi connectivity index (χ1n) is 8.84. The zero-order chi connectivity index (χ0) is 21.8. The van der Waals surface area contributed by atoms with Crippen LogP contribution in [0.15, 0.2) is 73.8 Å². The molecule has 0 aliphatic heterocycles. The van der Waals surface area contributed by atoms with Crippen LogP contribution in [-0.4, -0.2) is 27.8 Å². The minimum Gasteiger partial charge on any atom is -0.455 e. The van der Waals surface area contributed by atoms with Gasteiger partial charge in [-0.2, -0.15) is 5.10 Å². The molecule has 11 heteroatoms. The highest BCUT2D eigenvalue weighted by molar-refractivity contribution is 7.99. The summed E-state index contributed by atoms with van der Waals surface area (Å²) in [6.45, 7) is 0. The third-order valence-corrected chi connectivity index (χ3v) is 5.18. The lowest BCUT2D eigenvalue weighted by molar-refractivity contribution is -0.384. The van der Waals surface area contributed by atoms with E-state index in [1.807, 2.05) is 18.2 Å². The fraction of sp³-hybridized carbons (Fsp3) is 0.0500. The van der Waals surface area contributed by atoms with E-state index in [-0.39, 0.29) is 22.4 Å². The number of furan rings is 1. The van der Waals surface area contributed by atoms with Crippen LogP contribution in [0, 0.1) is 10.1 Å². The molecule has 0 saturated carbocycles. The van der Waals surface area contributed by atoms with Gasteiger partial charge in [-0.1, -0.05) is 35.5 Å². The molecule has 31 heavy (non-hydrogen) atoms. The highest BCUT2D eigenvalue weighted by atomic mass is 35.5. The molecule has 4 rings (SSSR count). The van der Waals surface area contributed by atoms with Gasteiger partial charge in [-0.3, -0.25) is 14.9 Å². The van der Waals surface area contributed by atoms with Gasteiger partial charge in [0, 0.05) is 17.7 Å². The number of rotatable bonds is 7. The number of nitrogens with one attached hydrogen (secondary N) is 1. The van der Waals surface area contributed by atoms with Gasteiger partial charge in [0.15, 0.2) is 5.58 Å². The van der Waals surface area contributed by atoms with Crippen LogP contribution in [0.4, 0.5) is 5.69 Å². The molecule has 0 atom stereocenters. The predicted molar refractivity (Wildman–Crippen MR) is 116 cm³/mol. The fourth-order valence-corrected chi connectivity index (χ4v) is 3.52. The number of amides is 1. The number of hydrogen-bond acceptors (Lipinski definition) is 8. The van der Waals surface area contributed by atoms with Crippen molar-refractivity contribution in [2.45, 2.75) is 5.22 Å². The van der Waals surface area contributed by atoms with Crippen molar-refractivity contribution in [2.24, 2.45) is 5.10 Å². The van der Waals surface area contributed by atoms with Gasteiger partial charge >= 0.3 is 0 Å². The van der Waals surface area contributed by atoms with Crippen LogP contribution in [0.2, 0.25) is 5.02 Å². The number of hydrogen-bond donors (Lipinski definition) is 1. The fourth-order valence-electron chi connectivity index (χ4n) is 2.62. The topological polar surface area (TPSA) is 124 Å². The van der Waals surface area contributed by atoms with Crippen LogP contribution >= 0.6 is 23.4 Å². The largest absolute Gasteiger partial charge is 0.455 e. The third kappa shape index (κ3) is 4.93. The molecule has 0 bridgehead atoms. The number of para-hydroxylation sites is 2. The van der Waals surface area contributed by atoms with Gasteiger partial charge in [-0.05, 0) is 30.3 Å². The second-order valence-corrected chi connectivity index (χ2v) is 7.49. The molecule has 0 radical (unpaired) electrons. The van der Waals surface area contributed by atoms with Crippen LogP contribution in [0.3, 0.4) is 0 Å². The maximum Gasteiger partial charge on any atom is 0.270 e. The maximum atomic E-state index is 12.0. The van der Waals surface area contributed by atoms with E-state index in [4.69, 9.17) is 20.4 Å². The normalized spacial score (nSPS) is 11.3. The Balaban J connectivity index is 1.32. The molecule has 2 aromatic carbocycles. The van der Waals surface area contributed by atoms with E-state index >= 15 is 0 Å². The van der Waals surface area contributed by atoms with Crippen LogP contribution in [-0.2, 0) is 4.79 Å². The molecule has 156 valence electrons. The summed E-state index contributed by atoms with van der Waals surface area (Å²) in [5, 5.41) is 15.3. The van der Waals surface area contributed by atoms with Gasteiger partial charge in [0.25, 0.3) is 16.8 Å². The van der Waals surface area contributed by atoms with Gasteiger partial charge in [0.1, 0.15) is 17.0 Å². The number of nitro groups is 1. The molecule has 0 spiro atoms. The standard InChI is InChI=1S/C20H13ClN4O5S/c21-15-9-12(25(27)28)5-7-14(15)17-8-6-13(29-17)10-22-24-19(26)11-31-20-23-16-3-1-2-4-18(16)30-20/h1-10H,11H2,(H,24,26)/b22-10-. The first-order chi connectivity index (χ1) is 15.0. The molecule has 0 aliphatic carbocycles. The number of nitro benzene ring substituents is 1. The SMILES string of the molecule is O=C(CSc1nc2ccccc2o1)N/N=C\c1ccc(-c2ccc([N+](=O)[O-])cc2Cl)o1. The van der Waals surface area contributed by atoms with Crippen LogP contribution in [0.1, 0.15) is 5.76 Å². The second kappa shape index (κ2) is 9.02. The van der Waals surface area contributed by atoms with Crippen molar-refractivity contribution >= 4 is 52.3 Å². The Morgan fingerprint density at radius 2 is 2.06 bits per heavy atom. The summed E-state index contributed by atoms with van der Waals surface area (Å²) in [6.07, 6.45) is 1.34. The van der Waals surface area contributed by atoms with Gasteiger partial charge in [-0.25, -0.2) is 10.4 Å². The molecular weight excluding hydrogens is 444 g/mol. The molecule has 1 N–H and O–H groups in total. The van der Waals surface area contributed by atoms with Crippen molar-refractivity contribution in [1.29, 1.82) is 0 Å². The smallest absolute Gasteiger partial charge is 0.270 e. The molecule has 0 fully saturated rings. The second-order valence-electron chi connectivity index (χ2n) is 6.15. The molecular formula is C20H13ClN4O5S. The number of benzene rings is 2. The van der Waals surface area contributed by atoms with Crippen molar-refractivity contribution in [3.05, 3.63) is 75.5 Å². The Labute approximate surface area is 184 Å². The summed E-state index contributed by atoms with van der Waals surface area (Å²) >= 11 is 7.26. The van der Waals surface area contributed by atoms with Crippen molar-refractivity contribution in [3.8, 4) is 11.3 Å². The Morgan fingerprint density at radius 1 is 1.23 bits per heavy atom. The number of thioether (sulfide) groups is 1. The number of aromatic nitrogens is 1. The number of hydrazone groups is 1. The quantitative estimate of drug-likeness (QED) is 0.181. The van der Waals surface area contributed by atoms with E-state index in [9.17, 15) is 14.9 Å². The number of fused-ring (bicyclic) bond motifs is 1. The predicted octanol–water partition coefficient (Wildman–Crippen LogP) is 4.89. The van der Waals surface area contributed by atoms with Crippen LogP contribution in [0.25, 0.3) is 22.4 Å². The molecule has 0 unspecified atom stereocenters. The van der Waals surface area contributed by atoms with E-state index in [0.717, 1.165) is 17.3 Å². The Morgan fingerprint density at radius 3 is 2.84 bits per heavy atom. The number of carbonyl (C=O) groups excluding carboxylic acids is 1. The minimum absolute atomic E-state index is 0.0754. The van der Waals surface area contributed by atoms with Gasteiger partial charge in [0.05, 0.1) is 21.9 Å². The Kier molecular flexibility index (Phi) is 6.01. The number of nitrogens with zero attached hydrogens (tertiary/aromatic N) is 3. The summed E-state index contributed by atoms with van der Waals surface area (Å²) in [5.41, 5.74) is 4.17. The molecule has 0 saturated heterocycles. The minimum atomic E-state index is -0.527. The number of oxazole rings is 1. The Bertz CT molecular complexity index is 1270. The molecule has 0 aliphatic rings. The summed E-state index contributed by atoms with van der Waals surface area (Å²) in [4.78, 5) is 26.5. The van der Waals surface area contributed by atoms with Gasteiger partial charge in [-0.15, -0.1) is 0 Å². The first-order valence-corrected chi connectivity index (χ1v) is 10.2. The summed E-state index contributed by atoms with van der Waals surface area (Å²) in [6, 6.07) is 14.7. The average Bonchev–Trinajstić information content (AvgIpc) is 3.38. The van der Waals surface area contributed by atoms with Crippen molar-refractivity contribution < 1.29 is 18.6 Å². The number of halogens is 1. The van der Waals surface area contributed by atoms with E-state index in [2.05, 4.69) is 15.5 Å². The van der Waals surface area contributed by atoms with E-state index in [0.29, 0.717) is 27.9 Å². The van der Waals surface area contributed by atoms with Gasteiger partial charge < -0.3 is 8.83 Å². The maximum absolute atomic E-state index is 12.0. The third-order valence-electron chi connectivity index (χ3n) is 4.04. The summed E-state index contributed by atoms with van der Waals surface area (Å²) < 4.78 is 11.1. The van der Waals surface area contributed by atoms with E-state index in [1.165, 1.54) is 24.4 Å². The Hall–Kier alpha value is -3.63. The summed E-state index contributed by atoms with van der Waals surface area (Å²) in [5.74, 6) is 0.524.